The van der Waals surface area contributed by atoms with Gasteiger partial charge in [-0.15, -0.1) is 0 Å². The van der Waals surface area contributed by atoms with Gasteiger partial charge in [-0.1, -0.05) is 12.1 Å². The van der Waals surface area contributed by atoms with E-state index in [0.29, 0.717) is 5.56 Å². The van der Waals surface area contributed by atoms with Gasteiger partial charge in [-0.2, -0.15) is 26.3 Å². The average Bonchev–Trinajstić information content (AvgIpc) is 2.40. The molecule has 0 fully saturated rings. The highest BCUT2D eigenvalue weighted by atomic mass is 32.1. The molecule has 0 aromatic heterocycles. The summed E-state index contributed by atoms with van der Waals surface area (Å²) in [6, 6.07) is 5.61. The minimum atomic E-state index is -4.42. The first-order valence-corrected chi connectivity index (χ1v) is 6.33. The summed E-state index contributed by atoms with van der Waals surface area (Å²) < 4.78 is 76.2. The Bertz CT molecular complexity index is 486. The van der Waals surface area contributed by atoms with E-state index in [1.54, 1.807) is 0 Å². The number of hydrogen-bond acceptors (Lipinski definition) is 2. The fourth-order valence-electron chi connectivity index (χ4n) is 1.29. The summed E-state index contributed by atoms with van der Waals surface area (Å²) in [5.41, 5.74) is 0.621. The van der Waals surface area contributed by atoms with Crippen LogP contribution in [0, 0.1) is 0 Å². The molecule has 0 spiro atoms. The molecule has 10 heteroatoms. The molecular formula is C12H12F6N2OS. The third-order valence-corrected chi connectivity index (χ3v) is 2.52. The lowest BCUT2D eigenvalue weighted by molar-refractivity contribution is -0.153. The lowest BCUT2D eigenvalue weighted by atomic mass is 10.2. The van der Waals surface area contributed by atoms with E-state index >= 15 is 0 Å². The summed E-state index contributed by atoms with van der Waals surface area (Å²) in [5, 5.41) is 4.36. The zero-order chi connectivity index (χ0) is 16.8. The number of rotatable bonds is 5. The lowest BCUT2D eigenvalue weighted by Gasteiger charge is -2.13. The zero-order valence-electron chi connectivity index (χ0n) is 11.0. The van der Waals surface area contributed by atoms with Crippen LogP contribution in [0.25, 0.3) is 0 Å². The Balaban J connectivity index is 2.37. The van der Waals surface area contributed by atoms with E-state index in [2.05, 4.69) is 22.3 Å². The molecule has 124 valence electrons. The van der Waals surface area contributed by atoms with Crippen LogP contribution in [-0.4, -0.2) is 30.6 Å². The minimum Gasteiger partial charge on any atom is -0.484 e. The predicted octanol–water partition coefficient (Wildman–Crippen LogP) is 3.15. The van der Waals surface area contributed by atoms with Crippen molar-refractivity contribution in [2.45, 2.75) is 18.9 Å². The number of thiocarbonyl (C=S) groups is 1. The first-order chi connectivity index (χ1) is 10.1. The van der Waals surface area contributed by atoms with Gasteiger partial charge in [0.2, 0.25) is 0 Å². The van der Waals surface area contributed by atoms with Crippen molar-refractivity contribution in [1.82, 2.24) is 10.6 Å². The smallest absolute Gasteiger partial charge is 0.422 e. The van der Waals surface area contributed by atoms with Gasteiger partial charge < -0.3 is 15.4 Å². The quantitative estimate of drug-likeness (QED) is 0.634. The monoisotopic (exact) mass is 346 g/mol. The van der Waals surface area contributed by atoms with Gasteiger partial charge >= 0.3 is 12.4 Å². The third kappa shape index (κ3) is 8.55. The Morgan fingerprint density at radius 1 is 0.955 bits per heavy atom. The van der Waals surface area contributed by atoms with E-state index in [1.807, 2.05) is 5.32 Å². The van der Waals surface area contributed by atoms with Crippen molar-refractivity contribution in [3.63, 3.8) is 0 Å². The second-order valence-electron chi connectivity index (χ2n) is 4.20. The van der Waals surface area contributed by atoms with Gasteiger partial charge in [0.15, 0.2) is 11.7 Å². The average molecular weight is 346 g/mol. The van der Waals surface area contributed by atoms with Crippen LogP contribution in [0.4, 0.5) is 26.3 Å². The predicted molar refractivity (Wildman–Crippen MR) is 71.5 cm³/mol. The van der Waals surface area contributed by atoms with Crippen LogP contribution in [0.2, 0.25) is 0 Å². The van der Waals surface area contributed by atoms with Crippen LogP contribution in [0.5, 0.6) is 5.75 Å². The SMILES string of the molecule is FC(F)(F)CNC(=S)NCc1ccc(OCC(F)(F)F)cc1. The summed E-state index contributed by atoms with van der Waals surface area (Å²) in [6.07, 6.45) is -8.79. The van der Waals surface area contributed by atoms with Gasteiger partial charge in [0, 0.05) is 6.54 Å². The molecule has 0 atom stereocenters. The van der Waals surface area contributed by atoms with E-state index < -0.39 is 25.5 Å². The number of nitrogens with one attached hydrogen (secondary N) is 2. The summed E-state index contributed by atoms with van der Waals surface area (Å²) >= 11 is 4.66. The standard InChI is InChI=1S/C12H12F6N2OS/c13-11(14,15)6-20-10(22)19-5-8-1-3-9(4-2-8)21-7-12(16,17)18/h1-4H,5-7H2,(H2,19,20,22). The second-order valence-corrected chi connectivity index (χ2v) is 4.61. The van der Waals surface area contributed by atoms with Gasteiger partial charge in [-0.05, 0) is 29.9 Å². The molecule has 0 saturated carbocycles. The maximum absolute atomic E-state index is 12.0. The summed E-state index contributed by atoms with van der Waals surface area (Å²) in [5.74, 6) is 0.0406. The molecule has 0 aliphatic heterocycles. The van der Waals surface area contributed by atoms with Crippen molar-refractivity contribution in [3.05, 3.63) is 29.8 Å². The normalized spacial score (nSPS) is 11.9. The zero-order valence-corrected chi connectivity index (χ0v) is 11.8. The highest BCUT2D eigenvalue weighted by Crippen LogP contribution is 2.18. The molecule has 0 amide bonds. The molecule has 0 radical (unpaired) electrons. The van der Waals surface area contributed by atoms with Gasteiger partial charge in [0.25, 0.3) is 0 Å². The van der Waals surface area contributed by atoms with Crippen molar-refractivity contribution in [2.75, 3.05) is 13.2 Å². The number of hydrogen-bond donors (Lipinski definition) is 2. The van der Waals surface area contributed by atoms with Crippen LogP contribution < -0.4 is 15.4 Å². The molecule has 0 aliphatic rings. The molecule has 3 nitrogen and oxygen atoms in total. The van der Waals surface area contributed by atoms with Crippen molar-refractivity contribution < 1.29 is 31.1 Å². The Hall–Kier alpha value is -1.71. The maximum atomic E-state index is 12.0. The maximum Gasteiger partial charge on any atom is 0.422 e. The van der Waals surface area contributed by atoms with Crippen LogP contribution in [0.15, 0.2) is 24.3 Å². The number of alkyl halides is 6. The highest BCUT2D eigenvalue weighted by Gasteiger charge is 2.28. The second kappa shape index (κ2) is 7.52. The molecule has 1 rings (SSSR count). The molecule has 0 bridgehead atoms. The summed E-state index contributed by atoms with van der Waals surface area (Å²) in [6.45, 7) is -2.51. The van der Waals surface area contributed by atoms with Gasteiger partial charge in [0.1, 0.15) is 12.3 Å². The summed E-state index contributed by atoms with van der Waals surface area (Å²) in [7, 11) is 0. The fraction of sp³-hybridized carbons (Fsp3) is 0.417. The number of benzene rings is 1. The van der Waals surface area contributed by atoms with E-state index in [9.17, 15) is 26.3 Å². The molecular weight excluding hydrogens is 334 g/mol. The number of halogens is 6. The van der Waals surface area contributed by atoms with Gasteiger partial charge in [0.05, 0.1) is 0 Å². The van der Waals surface area contributed by atoms with Crippen molar-refractivity contribution in [2.24, 2.45) is 0 Å². The van der Waals surface area contributed by atoms with Crippen LogP contribution in [0.3, 0.4) is 0 Å². The Morgan fingerprint density at radius 3 is 2.05 bits per heavy atom. The molecule has 1 aromatic carbocycles. The lowest BCUT2D eigenvalue weighted by Crippen LogP contribution is -2.40. The van der Waals surface area contributed by atoms with Crippen LogP contribution in [-0.2, 0) is 6.54 Å². The van der Waals surface area contributed by atoms with Crippen LogP contribution in [0.1, 0.15) is 5.56 Å². The van der Waals surface area contributed by atoms with E-state index in [0.717, 1.165) is 0 Å². The molecule has 0 saturated heterocycles. The Labute approximate surface area is 127 Å². The number of ether oxygens (including phenoxy) is 1. The summed E-state index contributed by atoms with van der Waals surface area (Å²) in [4.78, 5) is 0. The highest BCUT2D eigenvalue weighted by molar-refractivity contribution is 7.80. The largest absolute Gasteiger partial charge is 0.484 e. The topological polar surface area (TPSA) is 33.3 Å². The minimum absolute atomic E-state index is 0.0406. The van der Waals surface area contributed by atoms with Crippen molar-refractivity contribution in [1.29, 1.82) is 0 Å². The molecule has 0 heterocycles. The molecule has 0 aliphatic carbocycles. The fourth-order valence-corrected chi connectivity index (χ4v) is 1.44. The van der Waals surface area contributed by atoms with Gasteiger partial charge in [-0.25, -0.2) is 0 Å². The Morgan fingerprint density at radius 2 is 1.55 bits per heavy atom. The molecule has 22 heavy (non-hydrogen) atoms. The van der Waals surface area contributed by atoms with Crippen molar-refractivity contribution >= 4 is 17.3 Å². The Kier molecular flexibility index (Phi) is 6.27. The molecule has 1 aromatic rings. The van der Waals surface area contributed by atoms with E-state index in [-0.39, 0.29) is 17.4 Å². The first kappa shape index (κ1) is 18.3. The third-order valence-electron chi connectivity index (χ3n) is 2.23. The van der Waals surface area contributed by atoms with E-state index in [1.165, 1.54) is 24.3 Å². The van der Waals surface area contributed by atoms with Gasteiger partial charge in [-0.3, -0.25) is 0 Å². The molecule has 0 unspecified atom stereocenters. The first-order valence-electron chi connectivity index (χ1n) is 5.92. The van der Waals surface area contributed by atoms with Crippen LogP contribution >= 0.6 is 12.2 Å². The van der Waals surface area contributed by atoms with Crippen molar-refractivity contribution in [3.8, 4) is 5.75 Å². The van der Waals surface area contributed by atoms with E-state index in [4.69, 9.17) is 0 Å². The molecule has 2 N–H and O–H groups in total.